The summed E-state index contributed by atoms with van der Waals surface area (Å²) in [4.78, 5) is 0. The van der Waals surface area contributed by atoms with Crippen LogP contribution in [0.2, 0.25) is 0 Å². The molecule has 1 aliphatic carbocycles. The normalized spacial score (nSPS) is 18.1. The fraction of sp³-hybridized carbons (Fsp3) is 0.333. The molecule has 0 amide bonds. The molecule has 4 rings (SSSR count). The Bertz CT molecular complexity index is 1160. The van der Waals surface area contributed by atoms with E-state index >= 15 is 0 Å². The summed E-state index contributed by atoms with van der Waals surface area (Å²) in [5.41, 5.74) is 2.54. The van der Waals surface area contributed by atoms with E-state index in [1.54, 1.807) is 18.2 Å². The smallest absolute Gasteiger partial charge is 0.201 e. The summed E-state index contributed by atoms with van der Waals surface area (Å²) in [6, 6.07) is 15.4. The number of hydrogen-bond donors (Lipinski definition) is 0. The maximum Gasteiger partial charge on any atom is 0.201 e. The van der Waals surface area contributed by atoms with Crippen LogP contribution in [-0.2, 0) is 0 Å². The molecule has 0 aromatic heterocycles. The van der Waals surface area contributed by atoms with E-state index in [9.17, 15) is 13.2 Å². The van der Waals surface area contributed by atoms with Crippen LogP contribution in [0.4, 0.5) is 13.2 Å². The zero-order valence-electron chi connectivity index (χ0n) is 20.2. The minimum Gasteiger partial charge on any atom is -0.494 e. The van der Waals surface area contributed by atoms with Gasteiger partial charge in [-0.05, 0) is 86.3 Å². The number of halogens is 3. The second-order valence-electron chi connectivity index (χ2n) is 9.01. The standard InChI is InChI=1S/C30H31F3O2/c1-3-5-20-6-10-23(11-7-20)26-16-17-28(30(33)29(26)32)35-19-21-8-12-22(13-9-21)25-15-14-24(34-4-2)18-27(25)31/h3,5-7,10-11,14-18,21-22H,4,8-9,12-13,19H2,1-2H3/b5-3+. The number of benzene rings is 3. The van der Waals surface area contributed by atoms with Crippen LogP contribution in [0.3, 0.4) is 0 Å². The third-order valence-corrected chi connectivity index (χ3v) is 6.67. The Morgan fingerprint density at radius 1 is 0.857 bits per heavy atom. The van der Waals surface area contributed by atoms with Crippen molar-refractivity contribution >= 4 is 6.08 Å². The molecule has 0 bridgehead atoms. The molecular weight excluding hydrogens is 449 g/mol. The number of allylic oxidation sites excluding steroid dienone is 1. The molecule has 0 aliphatic heterocycles. The van der Waals surface area contributed by atoms with Gasteiger partial charge >= 0.3 is 0 Å². The number of hydrogen-bond acceptors (Lipinski definition) is 2. The highest BCUT2D eigenvalue weighted by atomic mass is 19.2. The van der Waals surface area contributed by atoms with Crippen LogP contribution in [0.5, 0.6) is 11.5 Å². The first-order valence-electron chi connectivity index (χ1n) is 12.3. The molecule has 3 aromatic carbocycles. The van der Waals surface area contributed by atoms with Crippen LogP contribution in [0, 0.1) is 23.4 Å². The third-order valence-electron chi connectivity index (χ3n) is 6.67. The number of rotatable bonds is 8. The van der Waals surface area contributed by atoms with Gasteiger partial charge in [0.05, 0.1) is 13.2 Å². The molecule has 1 aliphatic rings. The molecule has 3 aromatic rings. The molecular formula is C30H31F3O2. The molecule has 0 N–H and O–H groups in total. The Morgan fingerprint density at radius 3 is 2.26 bits per heavy atom. The van der Waals surface area contributed by atoms with Crippen molar-refractivity contribution in [1.29, 1.82) is 0 Å². The molecule has 0 heterocycles. The molecule has 0 spiro atoms. The van der Waals surface area contributed by atoms with Crippen molar-refractivity contribution in [1.82, 2.24) is 0 Å². The Kier molecular flexibility index (Phi) is 8.17. The van der Waals surface area contributed by atoms with Crippen molar-refractivity contribution in [3.8, 4) is 22.6 Å². The van der Waals surface area contributed by atoms with Crippen molar-refractivity contribution < 1.29 is 22.6 Å². The lowest BCUT2D eigenvalue weighted by atomic mass is 9.79. The summed E-state index contributed by atoms with van der Waals surface area (Å²) in [7, 11) is 0. The van der Waals surface area contributed by atoms with Gasteiger partial charge in [-0.3, -0.25) is 0 Å². The highest BCUT2D eigenvalue weighted by Gasteiger charge is 2.26. The Hall–Kier alpha value is -3.21. The van der Waals surface area contributed by atoms with E-state index in [0.29, 0.717) is 24.5 Å². The zero-order valence-corrected chi connectivity index (χ0v) is 20.2. The van der Waals surface area contributed by atoms with Crippen molar-refractivity contribution in [2.75, 3.05) is 13.2 Å². The van der Waals surface area contributed by atoms with Crippen LogP contribution in [-0.4, -0.2) is 13.2 Å². The Morgan fingerprint density at radius 2 is 1.60 bits per heavy atom. The summed E-state index contributed by atoms with van der Waals surface area (Å²) in [5, 5.41) is 0. The van der Waals surface area contributed by atoms with Gasteiger partial charge in [0.15, 0.2) is 11.6 Å². The first-order valence-corrected chi connectivity index (χ1v) is 12.3. The molecule has 2 nitrogen and oxygen atoms in total. The Balaban J connectivity index is 1.34. The molecule has 0 atom stereocenters. The van der Waals surface area contributed by atoms with E-state index in [0.717, 1.165) is 36.8 Å². The van der Waals surface area contributed by atoms with Gasteiger partial charge in [0.2, 0.25) is 5.82 Å². The largest absolute Gasteiger partial charge is 0.494 e. The molecule has 1 saturated carbocycles. The second-order valence-corrected chi connectivity index (χ2v) is 9.01. The lowest BCUT2D eigenvalue weighted by Crippen LogP contribution is -2.20. The highest BCUT2D eigenvalue weighted by molar-refractivity contribution is 5.67. The molecule has 5 heteroatoms. The average molecular weight is 481 g/mol. The molecule has 0 radical (unpaired) electrons. The minimum atomic E-state index is -0.967. The van der Waals surface area contributed by atoms with Crippen molar-refractivity contribution in [3.63, 3.8) is 0 Å². The summed E-state index contributed by atoms with van der Waals surface area (Å²) < 4.78 is 55.1. The van der Waals surface area contributed by atoms with Crippen LogP contribution in [0.25, 0.3) is 17.2 Å². The van der Waals surface area contributed by atoms with E-state index in [2.05, 4.69) is 0 Å². The van der Waals surface area contributed by atoms with Gasteiger partial charge in [-0.1, -0.05) is 42.5 Å². The molecule has 0 saturated heterocycles. The highest BCUT2D eigenvalue weighted by Crippen LogP contribution is 2.38. The molecule has 184 valence electrons. The summed E-state index contributed by atoms with van der Waals surface area (Å²) in [6.45, 7) is 4.61. The van der Waals surface area contributed by atoms with E-state index in [1.807, 2.05) is 50.3 Å². The van der Waals surface area contributed by atoms with Crippen LogP contribution in [0.15, 0.2) is 60.7 Å². The van der Waals surface area contributed by atoms with E-state index in [-0.39, 0.29) is 29.0 Å². The summed E-state index contributed by atoms with van der Waals surface area (Å²) >= 11 is 0. The monoisotopic (exact) mass is 480 g/mol. The fourth-order valence-electron chi connectivity index (χ4n) is 4.78. The SMILES string of the molecule is C/C=C/c1ccc(-c2ccc(OCC3CCC(c4ccc(OCC)cc4F)CC3)c(F)c2F)cc1. The van der Waals surface area contributed by atoms with Gasteiger partial charge in [-0.25, -0.2) is 8.78 Å². The van der Waals surface area contributed by atoms with Gasteiger partial charge < -0.3 is 9.47 Å². The van der Waals surface area contributed by atoms with Gasteiger partial charge in [0.1, 0.15) is 11.6 Å². The van der Waals surface area contributed by atoms with Crippen molar-refractivity contribution in [2.24, 2.45) is 5.92 Å². The maximum absolute atomic E-state index is 14.8. The van der Waals surface area contributed by atoms with E-state index in [1.165, 1.54) is 12.1 Å². The predicted octanol–water partition coefficient (Wildman–Crippen LogP) is 8.56. The van der Waals surface area contributed by atoms with Crippen molar-refractivity contribution in [3.05, 3.63) is 89.3 Å². The fourth-order valence-corrected chi connectivity index (χ4v) is 4.78. The van der Waals surface area contributed by atoms with Gasteiger partial charge in [-0.2, -0.15) is 4.39 Å². The minimum absolute atomic E-state index is 0.0727. The van der Waals surface area contributed by atoms with Gasteiger partial charge in [-0.15, -0.1) is 0 Å². The topological polar surface area (TPSA) is 18.5 Å². The first kappa shape index (κ1) is 24.9. The van der Waals surface area contributed by atoms with Gasteiger partial charge in [0.25, 0.3) is 0 Å². The molecule has 0 unspecified atom stereocenters. The summed E-state index contributed by atoms with van der Waals surface area (Å²) in [5.74, 6) is -1.27. The Labute approximate surface area is 205 Å². The molecule has 35 heavy (non-hydrogen) atoms. The lowest BCUT2D eigenvalue weighted by molar-refractivity contribution is 0.192. The van der Waals surface area contributed by atoms with Crippen molar-refractivity contribution in [2.45, 2.75) is 45.4 Å². The van der Waals surface area contributed by atoms with Gasteiger partial charge in [0, 0.05) is 11.6 Å². The summed E-state index contributed by atoms with van der Waals surface area (Å²) in [6.07, 6.45) is 7.22. The van der Waals surface area contributed by atoms with Crippen LogP contribution in [0.1, 0.15) is 56.6 Å². The quantitative estimate of drug-likeness (QED) is 0.322. The predicted molar refractivity (Wildman–Crippen MR) is 134 cm³/mol. The average Bonchev–Trinajstić information content (AvgIpc) is 2.87. The van der Waals surface area contributed by atoms with Crippen LogP contribution >= 0.6 is 0 Å². The number of ether oxygens (including phenoxy) is 2. The maximum atomic E-state index is 14.8. The molecule has 1 fully saturated rings. The van der Waals surface area contributed by atoms with E-state index < -0.39 is 11.6 Å². The van der Waals surface area contributed by atoms with Crippen LogP contribution < -0.4 is 9.47 Å². The zero-order chi connectivity index (χ0) is 24.8. The lowest BCUT2D eigenvalue weighted by Gasteiger charge is -2.29. The third kappa shape index (κ3) is 5.90. The second kappa shape index (κ2) is 11.5. The van der Waals surface area contributed by atoms with E-state index in [4.69, 9.17) is 9.47 Å². The first-order chi connectivity index (χ1) is 17.0.